The molecule has 100 valence electrons. The Kier molecular flexibility index (Phi) is 5.58. The lowest BCUT2D eigenvalue weighted by molar-refractivity contribution is -0.140. The summed E-state index contributed by atoms with van der Waals surface area (Å²) in [6.07, 6.45) is 0.309. The third kappa shape index (κ3) is 4.00. The molecule has 5 heteroatoms. The van der Waals surface area contributed by atoms with Crippen molar-refractivity contribution in [2.75, 3.05) is 14.2 Å². The molecule has 0 spiro atoms. The summed E-state index contributed by atoms with van der Waals surface area (Å²) in [5.74, 6) is -0.689. The summed E-state index contributed by atoms with van der Waals surface area (Å²) in [6.45, 7) is 0. The maximum absolute atomic E-state index is 13.4. The fourth-order valence-electron chi connectivity index (χ4n) is 1.60. The fourth-order valence-corrected chi connectivity index (χ4v) is 1.60. The van der Waals surface area contributed by atoms with Gasteiger partial charge < -0.3 is 14.6 Å². The zero-order valence-electron chi connectivity index (χ0n) is 10.5. The summed E-state index contributed by atoms with van der Waals surface area (Å²) in [5, 5.41) is 9.83. The van der Waals surface area contributed by atoms with Gasteiger partial charge >= 0.3 is 5.97 Å². The minimum absolute atomic E-state index is 0.139. The number of halogens is 1. The van der Waals surface area contributed by atoms with E-state index >= 15 is 0 Å². The molecular weight excluding hydrogens is 239 g/mol. The average molecular weight is 256 g/mol. The highest BCUT2D eigenvalue weighted by atomic mass is 19.1. The first-order chi connectivity index (χ1) is 8.58. The molecule has 0 aliphatic carbocycles. The van der Waals surface area contributed by atoms with Crippen LogP contribution in [-0.2, 0) is 9.53 Å². The molecule has 0 fully saturated rings. The molecule has 0 radical (unpaired) electrons. The van der Waals surface area contributed by atoms with Gasteiger partial charge in [0.25, 0.3) is 0 Å². The third-order valence-corrected chi connectivity index (χ3v) is 2.65. The smallest absolute Gasteiger partial charge is 0.305 e. The first kappa shape index (κ1) is 14.4. The van der Waals surface area contributed by atoms with Crippen LogP contribution in [0.1, 0.15) is 30.9 Å². The maximum Gasteiger partial charge on any atom is 0.305 e. The lowest BCUT2D eigenvalue weighted by Crippen LogP contribution is -2.03. The van der Waals surface area contributed by atoms with E-state index in [9.17, 15) is 14.3 Å². The quantitative estimate of drug-likeness (QED) is 0.793. The van der Waals surface area contributed by atoms with E-state index in [2.05, 4.69) is 4.74 Å². The monoisotopic (exact) mass is 256 g/mol. The fraction of sp³-hybridized carbons (Fsp3) is 0.462. The number of esters is 1. The standard InChI is InChI=1S/C13H17FO4/c1-17-12-7-6-9(8-10(12)14)11(15)4-3-5-13(16)18-2/h6-8,11,15H,3-5H2,1-2H3. The number of carbonyl (C=O) groups excluding carboxylic acids is 1. The van der Waals surface area contributed by atoms with Crippen molar-refractivity contribution in [3.63, 3.8) is 0 Å². The average Bonchev–Trinajstić information content (AvgIpc) is 2.38. The van der Waals surface area contributed by atoms with Crippen molar-refractivity contribution in [3.05, 3.63) is 29.6 Å². The molecule has 0 aliphatic heterocycles. The zero-order valence-corrected chi connectivity index (χ0v) is 10.5. The molecule has 1 rings (SSSR count). The number of rotatable bonds is 6. The van der Waals surface area contributed by atoms with Crippen LogP contribution in [0.5, 0.6) is 5.75 Å². The number of aliphatic hydroxyl groups is 1. The van der Waals surface area contributed by atoms with Crippen LogP contribution in [0.2, 0.25) is 0 Å². The number of methoxy groups -OCH3 is 2. The Morgan fingerprint density at radius 1 is 1.44 bits per heavy atom. The Balaban J connectivity index is 2.53. The Bertz CT molecular complexity index is 406. The summed E-state index contributed by atoms with van der Waals surface area (Å²) in [7, 11) is 2.70. The van der Waals surface area contributed by atoms with Gasteiger partial charge in [0.15, 0.2) is 11.6 Å². The summed E-state index contributed by atoms with van der Waals surface area (Å²) in [5.41, 5.74) is 0.471. The lowest BCUT2D eigenvalue weighted by atomic mass is 10.0. The number of aliphatic hydroxyl groups excluding tert-OH is 1. The minimum Gasteiger partial charge on any atom is -0.494 e. The van der Waals surface area contributed by atoms with Crippen molar-refractivity contribution in [1.82, 2.24) is 0 Å². The summed E-state index contributed by atoms with van der Waals surface area (Å²) >= 11 is 0. The molecule has 0 amide bonds. The van der Waals surface area contributed by atoms with Crippen molar-refractivity contribution >= 4 is 5.97 Å². The number of carbonyl (C=O) groups is 1. The van der Waals surface area contributed by atoms with Crippen LogP contribution in [0, 0.1) is 5.82 Å². The Morgan fingerprint density at radius 2 is 2.17 bits per heavy atom. The van der Waals surface area contributed by atoms with E-state index in [0.29, 0.717) is 18.4 Å². The number of benzene rings is 1. The molecule has 1 N–H and O–H groups in total. The van der Waals surface area contributed by atoms with Crippen LogP contribution in [0.15, 0.2) is 18.2 Å². The van der Waals surface area contributed by atoms with E-state index in [1.165, 1.54) is 26.4 Å². The molecule has 0 heterocycles. The predicted molar refractivity (Wildman–Crippen MR) is 63.8 cm³/mol. The van der Waals surface area contributed by atoms with Gasteiger partial charge in [-0.1, -0.05) is 6.07 Å². The Morgan fingerprint density at radius 3 is 2.72 bits per heavy atom. The number of ether oxygens (including phenoxy) is 2. The predicted octanol–water partition coefficient (Wildman–Crippen LogP) is 2.21. The van der Waals surface area contributed by atoms with Crippen molar-refractivity contribution in [3.8, 4) is 5.75 Å². The van der Waals surface area contributed by atoms with Gasteiger partial charge in [-0.05, 0) is 30.5 Å². The highest BCUT2D eigenvalue weighted by Gasteiger charge is 2.12. The van der Waals surface area contributed by atoms with E-state index < -0.39 is 11.9 Å². The molecule has 0 saturated heterocycles. The van der Waals surface area contributed by atoms with E-state index in [-0.39, 0.29) is 18.1 Å². The van der Waals surface area contributed by atoms with Crippen LogP contribution in [0.25, 0.3) is 0 Å². The summed E-state index contributed by atoms with van der Waals surface area (Å²) in [6, 6.07) is 4.31. The molecule has 1 aromatic carbocycles. The van der Waals surface area contributed by atoms with Gasteiger partial charge in [0.05, 0.1) is 20.3 Å². The van der Waals surface area contributed by atoms with Crippen LogP contribution < -0.4 is 4.74 Å². The molecule has 1 aromatic rings. The molecule has 0 aliphatic rings. The van der Waals surface area contributed by atoms with E-state index in [1.807, 2.05) is 0 Å². The molecule has 18 heavy (non-hydrogen) atoms. The first-order valence-electron chi connectivity index (χ1n) is 5.66. The highest BCUT2D eigenvalue weighted by molar-refractivity contribution is 5.68. The van der Waals surface area contributed by atoms with Crippen molar-refractivity contribution in [2.45, 2.75) is 25.4 Å². The van der Waals surface area contributed by atoms with Gasteiger partial charge in [-0.15, -0.1) is 0 Å². The molecule has 0 aromatic heterocycles. The maximum atomic E-state index is 13.4. The second-order valence-corrected chi connectivity index (χ2v) is 3.88. The normalized spacial score (nSPS) is 12.0. The summed E-state index contributed by atoms with van der Waals surface area (Å²) in [4.78, 5) is 10.9. The second kappa shape index (κ2) is 6.96. The molecule has 1 unspecified atom stereocenters. The Labute approximate surface area is 105 Å². The zero-order chi connectivity index (χ0) is 13.5. The first-order valence-corrected chi connectivity index (χ1v) is 5.66. The largest absolute Gasteiger partial charge is 0.494 e. The van der Waals surface area contributed by atoms with Gasteiger partial charge in [-0.25, -0.2) is 4.39 Å². The van der Waals surface area contributed by atoms with Crippen LogP contribution in [0.3, 0.4) is 0 Å². The topological polar surface area (TPSA) is 55.8 Å². The van der Waals surface area contributed by atoms with Gasteiger partial charge in [0.1, 0.15) is 0 Å². The molecule has 4 nitrogen and oxygen atoms in total. The van der Waals surface area contributed by atoms with Crippen molar-refractivity contribution in [2.24, 2.45) is 0 Å². The minimum atomic E-state index is -0.796. The van der Waals surface area contributed by atoms with Gasteiger partial charge in [-0.2, -0.15) is 0 Å². The van der Waals surface area contributed by atoms with Crippen LogP contribution in [-0.4, -0.2) is 25.3 Å². The van der Waals surface area contributed by atoms with Gasteiger partial charge in [0, 0.05) is 6.42 Å². The lowest BCUT2D eigenvalue weighted by Gasteiger charge is -2.11. The number of hydrogen-bond donors (Lipinski definition) is 1. The van der Waals surface area contributed by atoms with Crippen molar-refractivity contribution in [1.29, 1.82) is 0 Å². The molecular formula is C13H17FO4. The van der Waals surface area contributed by atoms with Gasteiger partial charge in [0.2, 0.25) is 0 Å². The molecule has 1 atom stereocenters. The van der Waals surface area contributed by atoms with E-state index in [1.54, 1.807) is 6.07 Å². The molecule has 0 saturated carbocycles. The van der Waals surface area contributed by atoms with E-state index in [4.69, 9.17) is 4.74 Å². The van der Waals surface area contributed by atoms with E-state index in [0.717, 1.165) is 0 Å². The van der Waals surface area contributed by atoms with Gasteiger partial charge in [-0.3, -0.25) is 4.79 Å². The Hall–Kier alpha value is -1.62. The summed E-state index contributed by atoms with van der Waals surface area (Å²) < 4.78 is 22.7. The second-order valence-electron chi connectivity index (χ2n) is 3.88. The SMILES string of the molecule is COC(=O)CCCC(O)c1ccc(OC)c(F)c1. The molecule has 0 bridgehead atoms. The van der Waals surface area contributed by atoms with Crippen LogP contribution >= 0.6 is 0 Å². The highest BCUT2D eigenvalue weighted by Crippen LogP contribution is 2.24. The number of hydrogen-bond acceptors (Lipinski definition) is 4. The van der Waals surface area contributed by atoms with Crippen molar-refractivity contribution < 1.29 is 23.8 Å². The third-order valence-electron chi connectivity index (χ3n) is 2.65. The van der Waals surface area contributed by atoms with Crippen LogP contribution in [0.4, 0.5) is 4.39 Å².